The van der Waals surface area contributed by atoms with Crippen molar-refractivity contribution < 1.29 is 18.5 Å². The van der Waals surface area contributed by atoms with E-state index in [2.05, 4.69) is 42.8 Å². The summed E-state index contributed by atoms with van der Waals surface area (Å²) >= 11 is 3.43. The van der Waals surface area contributed by atoms with Gasteiger partial charge in [-0.2, -0.15) is 10.2 Å². The van der Waals surface area contributed by atoms with Crippen LogP contribution in [0.3, 0.4) is 0 Å². The molecule has 0 saturated carbocycles. The van der Waals surface area contributed by atoms with Gasteiger partial charge >= 0.3 is 7.12 Å². The number of pyridine rings is 2. The quantitative estimate of drug-likeness (QED) is 0.224. The second-order valence-corrected chi connectivity index (χ2v) is 13.2. The lowest BCUT2D eigenvalue weighted by Crippen LogP contribution is -2.46. The van der Waals surface area contributed by atoms with Crippen molar-refractivity contribution in [2.75, 3.05) is 13.2 Å². The van der Waals surface area contributed by atoms with Crippen LogP contribution in [0.4, 0.5) is 4.39 Å². The van der Waals surface area contributed by atoms with Crippen LogP contribution < -0.4 is 16.7 Å². The van der Waals surface area contributed by atoms with E-state index in [1.807, 2.05) is 40.1 Å². The maximum atomic E-state index is 15.5. The fourth-order valence-electron chi connectivity index (χ4n) is 6.15. The Balaban J connectivity index is 1.37. The minimum atomic E-state index is -0.884. The Bertz CT molecular complexity index is 1910. The molecule has 2 N–H and O–H groups in total. The maximum Gasteiger partial charge on any atom is 0.495 e. The first-order valence-electron chi connectivity index (χ1n) is 14.9. The predicted octanol–water partition coefficient (Wildman–Crippen LogP) is 3.19. The number of carbonyl (C=O) groups is 1. The van der Waals surface area contributed by atoms with Gasteiger partial charge < -0.3 is 19.9 Å². The molecule has 5 heterocycles. The molecule has 0 bridgehead atoms. The van der Waals surface area contributed by atoms with E-state index in [0.29, 0.717) is 36.0 Å². The highest BCUT2D eigenvalue weighted by molar-refractivity contribution is 9.10. The van der Waals surface area contributed by atoms with Crippen molar-refractivity contribution in [1.29, 1.82) is 0 Å². The molecule has 6 rings (SSSR count). The lowest BCUT2D eigenvalue weighted by atomic mass is 9.79. The van der Waals surface area contributed by atoms with Crippen LogP contribution in [0.2, 0.25) is 0 Å². The third kappa shape index (κ3) is 5.97. The van der Waals surface area contributed by atoms with Gasteiger partial charge in [0.25, 0.3) is 5.91 Å². The van der Waals surface area contributed by atoms with Gasteiger partial charge in [-0.3, -0.25) is 19.5 Å². The molecule has 14 heteroatoms. The minimum Gasteiger partial charge on any atom is -0.399 e. The van der Waals surface area contributed by atoms with Crippen molar-refractivity contribution in [3.63, 3.8) is 0 Å². The number of nitrogens with two attached hydrogens (primary N) is 1. The highest BCUT2D eigenvalue weighted by Gasteiger charge is 2.54. The molecule has 4 aromatic rings. The summed E-state index contributed by atoms with van der Waals surface area (Å²) in [5, 5.41) is 8.36. The largest absolute Gasteiger partial charge is 0.495 e. The third-order valence-corrected chi connectivity index (χ3v) is 9.31. The molecular weight excluding hydrogens is 654 g/mol. The second kappa shape index (κ2) is 12.3. The molecule has 2 aliphatic heterocycles. The van der Waals surface area contributed by atoms with Crippen molar-refractivity contribution in [1.82, 2.24) is 24.3 Å². The highest BCUT2D eigenvalue weighted by atomic mass is 79.9. The smallest absolute Gasteiger partial charge is 0.399 e. The average Bonchev–Trinajstić information content (AvgIpc) is 3.53. The van der Waals surface area contributed by atoms with Crippen LogP contribution in [0.15, 0.2) is 69.7 Å². The molecule has 238 valence electrons. The Hall–Kier alpha value is -3.98. The molecule has 1 fully saturated rings. The first-order chi connectivity index (χ1) is 21.9. The number of nitrogens with zero attached hydrogens (tertiary/aromatic N) is 7. The van der Waals surface area contributed by atoms with Crippen molar-refractivity contribution in [3.05, 3.63) is 93.3 Å². The van der Waals surface area contributed by atoms with E-state index < -0.39 is 24.1 Å². The van der Waals surface area contributed by atoms with Gasteiger partial charge in [0.2, 0.25) is 0 Å². The molecule has 3 aromatic heterocycles. The highest BCUT2D eigenvalue weighted by Crippen LogP contribution is 2.42. The number of carbonyl (C=O) groups excluding carboxylic acids is 1. The van der Waals surface area contributed by atoms with Crippen molar-refractivity contribution in [2.24, 2.45) is 22.9 Å². The topological polar surface area (TPSA) is 125 Å². The van der Waals surface area contributed by atoms with Gasteiger partial charge in [0.1, 0.15) is 11.3 Å². The molecule has 0 radical (unpaired) electrons. The number of fused-ring (bicyclic) bond motifs is 1. The Labute approximate surface area is 275 Å². The predicted molar refractivity (Wildman–Crippen MR) is 177 cm³/mol. The number of hydrogen-bond donors (Lipinski definition) is 1. The first-order valence-corrected chi connectivity index (χ1v) is 15.7. The van der Waals surface area contributed by atoms with Crippen molar-refractivity contribution in [3.8, 4) is 11.1 Å². The number of amides is 1. The summed E-state index contributed by atoms with van der Waals surface area (Å²) in [6.07, 6.45) is 8.00. The summed E-state index contributed by atoms with van der Waals surface area (Å²) < 4.78 is 32.7. The normalized spacial score (nSPS) is 19.5. The summed E-state index contributed by atoms with van der Waals surface area (Å²) in [5.74, 6) is -0.542. The van der Waals surface area contributed by atoms with E-state index in [4.69, 9.17) is 15.0 Å². The number of rotatable bonds is 8. The molecule has 1 aromatic carbocycles. The van der Waals surface area contributed by atoms with E-state index in [0.717, 1.165) is 32.3 Å². The van der Waals surface area contributed by atoms with Crippen LogP contribution in [0.5, 0.6) is 0 Å². The zero-order chi connectivity index (χ0) is 32.8. The molecule has 0 spiro atoms. The number of aryl methyl sites for hydroxylation is 1. The van der Waals surface area contributed by atoms with Gasteiger partial charge in [-0.1, -0.05) is 0 Å². The summed E-state index contributed by atoms with van der Waals surface area (Å²) in [7, 11) is 1.11. The summed E-state index contributed by atoms with van der Waals surface area (Å²) in [6.45, 7) is 10.3. The summed E-state index contributed by atoms with van der Waals surface area (Å²) in [4.78, 5) is 24.0. The molecule has 46 heavy (non-hydrogen) atoms. The SMILES string of the molecule is C=Nn1ccc(B2OC(C)(C)C(C)(Cc3cc(F)cc(CN4CCc5ncc(Br)cc5C4=O)c3-c3cnn(C)c3)O2)cc1=NCN. The second-order valence-electron chi connectivity index (χ2n) is 12.3. The summed E-state index contributed by atoms with van der Waals surface area (Å²) in [6, 6.07) is 8.47. The van der Waals surface area contributed by atoms with E-state index >= 15 is 4.39 Å². The fourth-order valence-corrected chi connectivity index (χ4v) is 6.49. The Morgan fingerprint density at radius 3 is 2.67 bits per heavy atom. The molecule has 2 aliphatic rings. The summed E-state index contributed by atoms with van der Waals surface area (Å²) in [5.41, 5.74) is 9.60. The van der Waals surface area contributed by atoms with Crippen LogP contribution in [0.25, 0.3) is 11.1 Å². The number of halogens is 2. The van der Waals surface area contributed by atoms with E-state index in [1.54, 1.807) is 40.3 Å². The van der Waals surface area contributed by atoms with Crippen molar-refractivity contribution in [2.45, 2.75) is 51.4 Å². The van der Waals surface area contributed by atoms with E-state index in [1.165, 1.54) is 16.8 Å². The average molecular weight is 689 g/mol. The molecular formula is C32H35BBrFN8O3. The van der Waals surface area contributed by atoms with Gasteiger partial charge in [0.05, 0.1) is 35.3 Å². The van der Waals surface area contributed by atoms with Crippen LogP contribution >= 0.6 is 15.9 Å². The lowest BCUT2D eigenvalue weighted by molar-refractivity contribution is -0.00873. The molecule has 11 nitrogen and oxygen atoms in total. The Kier molecular flexibility index (Phi) is 8.57. The van der Waals surface area contributed by atoms with Gasteiger partial charge in [-0.25, -0.2) is 9.07 Å². The Morgan fingerprint density at radius 1 is 1.17 bits per heavy atom. The third-order valence-electron chi connectivity index (χ3n) is 8.88. The van der Waals surface area contributed by atoms with Gasteiger partial charge in [-0.05, 0) is 89.2 Å². The van der Waals surface area contributed by atoms with Gasteiger partial charge in [0.15, 0.2) is 0 Å². The first kappa shape index (κ1) is 32.0. The molecule has 1 amide bonds. The van der Waals surface area contributed by atoms with Crippen LogP contribution in [0.1, 0.15) is 48.0 Å². The van der Waals surface area contributed by atoms with Gasteiger partial charge in [-0.15, -0.1) is 0 Å². The molecule has 1 saturated heterocycles. The number of hydrogen-bond acceptors (Lipinski definition) is 8. The van der Waals surface area contributed by atoms with Gasteiger partial charge in [0, 0.05) is 68.3 Å². The molecule has 1 unspecified atom stereocenters. The van der Waals surface area contributed by atoms with E-state index in [-0.39, 0.29) is 19.1 Å². The monoisotopic (exact) mass is 688 g/mol. The van der Waals surface area contributed by atoms with Crippen LogP contribution in [-0.2, 0) is 35.7 Å². The standard InChI is InChI=1S/C32H35BBrFN8O3/c1-31(2)32(3,46-33(45-31)23-6-9-43(37-4)28(12-23)39-19-36)14-20-10-25(35)11-21(29(20)22-15-40-41(5)17-22)18-42-8-7-27-26(30(42)44)13-24(34)16-38-27/h6,9-13,15-17H,4,7-8,14,18-19,36H2,1-3,5H3. The molecule has 0 aliphatic carbocycles. The lowest BCUT2D eigenvalue weighted by Gasteiger charge is -2.37. The van der Waals surface area contributed by atoms with E-state index in [9.17, 15) is 4.79 Å². The molecule has 1 atom stereocenters. The van der Waals surface area contributed by atoms with Crippen molar-refractivity contribution >= 4 is 41.1 Å². The number of benzene rings is 1. The number of aromatic nitrogens is 4. The zero-order valence-corrected chi connectivity index (χ0v) is 27.8. The zero-order valence-electron chi connectivity index (χ0n) is 26.2. The fraction of sp³-hybridized carbons (Fsp3) is 0.344. The minimum absolute atomic E-state index is 0.0809. The maximum absolute atomic E-state index is 15.5. The van der Waals surface area contributed by atoms with Crippen LogP contribution in [0, 0.1) is 5.82 Å². The van der Waals surface area contributed by atoms with Crippen LogP contribution in [-0.4, -0.2) is 68.5 Å². The Morgan fingerprint density at radius 2 is 1.96 bits per heavy atom.